The van der Waals surface area contributed by atoms with E-state index in [1.54, 1.807) is 13.0 Å². The summed E-state index contributed by atoms with van der Waals surface area (Å²) >= 11 is 0. The van der Waals surface area contributed by atoms with Gasteiger partial charge < -0.3 is 10.4 Å². The highest BCUT2D eigenvalue weighted by molar-refractivity contribution is 5.88. The Morgan fingerprint density at radius 3 is 2.94 bits per heavy atom. The molecule has 0 unspecified atom stereocenters. The number of anilines is 1. The lowest BCUT2D eigenvalue weighted by Gasteiger charge is -2.07. The van der Waals surface area contributed by atoms with E-state index in [2.05, 4.69) is 16.2 Å². The zero-order valence-electron chi connectivity index (χ0n) is 9.86. The summed E-state index contributed by atoms with van der Waals surface area (Å²) in [5.41, 5.74) is 0.944. The maximum absolute atomic E-state index is 10.8. The van der Waals surface area contributed by atoms with Gasteiger partial charge in [-0.3, -0.25) is 0 Å². The van der Waals surface area contributed by atoms with Crippen molar-refractivity contribution >= 4 is 11.8 Å². The van der Waals surface area contributed by atoms with Crippen molar-refractivity contribution in [2.45, 2.75) is 26.2 Å². The van der Waals surface area contributed by atoms with Crippen molar-refractivity contribution < 1.29 is 9.90 Å². The molecule has 2 N–H and O–H groups in total. The van der Waals surface area contributed by atoms with Crippen LogP contribution in [-0.4, -0.2) is 22.6 Å². The molecule has 1 aromatic heterocycles. The highest BCUT2D eigenvalue weighted by Crippen LogP contribution is 2.10. The van der Waals surface area contributed by atoms with Crippen LogP contribution in [0.15, 0.2) is 12.1 Å². The third-order valence-electron chi connectivity index (χ3n) is 2.25. The summed E-state index contributed by atoms with van der Waals surface area (Å²) in [4.78, 5) is 15.1. The zero-order valence-corrected chi connectivity index (χ0v) is 9.86. The second-order valence-corrected chi connectivity index (χ2v) is 3.78. The Hall–Kier alpha value is -2.02. The fraction of sp³-hybridized carbons (Fsp3) is 0.385. The monoisotopic (exact) mass is 232 g/mol. The van der Waals surface area contributed by atoms with Gasteiger partial charge in [0.1, 0.15) is 5.82 Å². The van der Waals surface area contributed by atoms with Gasteiger partial charge in [-0.05, 0) is 31.9 Å². The summed E-state index contributed by atoms with van der Waals surface area (Å²) in [5.74, 6) is 2.24. The van der Waals surface area contributed by atoms with Crippen molar-refractivity contribution in [3.63, 3.8) is 0 Å². The second kappa shape index (κ2) is 6.54. The van der Waals surface area contributed by atoms with Gasteiger partial charge in [0.15, 0.2) is 0 Å². The Labute approximate surface area is 101 Å². The number of carboxylic acid groups (broad SMARTS) is 1. The predicted octanol–water partition coefficient (Wildman–Crippen LogP) is 2.30. The average Bonchev–Trinajstić information content (AvgIpc) is 2.28. The van der Waals surface area contributed by atoms with Crippen molar-refractivity contribution in [1.82, 2.24) is 4.98 Å². The van der Waals surface area contributed by atoms with Gasteiger partial charge in [0, 0.05) is 18.7 Å². The van der Waals surface area contributed by atoms with E-state index in [9.17, 15) is 4.79 Å². The Balaban J connectivity index is 2.53. The minimum Gasteiger partial charge on any atom is -0.478 e. The van der Waals surface area contributed by atoms with E-state index in [0.717, 1.165) is 25.8 Å². The molecule has 90 valence electrons. The standard InChI is InChI=1S/C13H16N2O2/c1-3-4-5-6-7-14-12-9-11(13(16)17)8-10(2)15-12/h1,8-9H,4-7H2,2H3,(H,14,15)(H,16,17). The minimum atomic E-state index is -0.939. The molecule has 0 bridgehead atoms. The number of aromatic nitrogens is 1. The van der Waals surface area contributed by atoms with Crippen LogP contribution >= 0.6 is 0 Å². The number of aryl methyl sites for hydroxylation is 1. The summed E-state index contributed by atoms with van der Waals surface area (Å²) in [6, 6.07) is 3.09. The lowest BCUT2D eigenvalue weighted by Crippen LogP contribution is -2.06. The van der Waals surface area contributed by atoms with Crippen LogP contribution in [0.3, 0.4) is 0 Å². The van der Waals surface area contributed by atoms with Crippen LogP contribution in [0.2, 0.25) is 0 Å². The molecule has 0 amide bonds. The average molecular weight is 232 g/mol. The molecule has 0 aliphatic heterocycles. The van der Waals surface area contributed by atoms with E-state index in [4.69, 9.17) is 11.5 Å². The number of unbranched alkanes of at least 4 members (excludes halogenated alkanes) is 2. The van der Waals surface area contributed by atoms with Crippen LogP contribution in [0.4, 0.5) is 5.82 Å². The molecule has 0 saturated carbocycles. The number of rotatable bonds is 6. The molecule has 0 spiro atoms. The molecule has 0 aliphatic carbocycles. The zero-order chi connectivity index (χ0) is 12.7. The molecule has 0 atom stereocenters. The Morgan fingerprint density at radius 1 is 1.53 bits per heavy atom. The van der Waals surface area contributed by atoms with Crippen LogP contribution in [-0.2, 0) is 0 Å². The maximum atomic E-state index is 10.8. The van der Waals surface area contributed by atoms with Crippen LogP contribution < -0.4 is 5.32 Å². The normalized spacial score (nSPS) is 9.65. The molecular weight excluding hydrogens is 216 g/mol. The smallest absolute Gasteiger partial charge is 0.335 e. The van der Waals surface area contributed by atoms with Gasteiger partial charge >= 0.3 is 5.97 Å². The highest BCUT2D eigenvalue weighted by Gasteiger charge is 2.05. The number of carbonyl (C=O) groups is 1. The molecule has 0 aliphatic rings. The van der Waals surface area contributed by atoms with Gasteiger partial charge in [-0.1, -0.05) is 0 Å². The van der Waals surface area contributed by atoms with Gasteiger partial charge in [-0.15, -0.1) is 12.3 Å². The van der Waals surface area contributed by atoms with Crippen LogP contribution in [0, 0.1) is 19.3 Å². The first-order chi connectivity index (χ1) is 8.13. The van der Waals surface area contributed by atoms with Crippen LogP contribution in [0.5, 0.6) is 0 Å². The number of terminal acetylenes is 1. The molecule has 1 aromatic rings. The van der Waals surface area contributed by atoms with Gasteiger partial charge in [0.05, 0.1) is 5.56 Å². The number of aromatic carboxylic acids is 1. The molecule has 1 rings (SSSR count). The topological polar surface area (TPSA) is 62.2 Å². The van der Waals surface area contributed by atoms with Gasteiger partial charge in [-0.2, -0.15) is 0 Å². The minimum absolute atomic E-state index is 0.253. The van der Waals surface area contributed by atoms with E-state index in [1.807, 2.05) is 0 Å². The Bertz CT molecular complexity index is 436. The quantitative estimate of drug-likeness (QED) is 0.583. The van der Waals surface area contributed by atoms with Crippen molar-refractivity contribution in [1.29, 1.82) is 0 Å². The van der Waals surface area contributed by atoms with Crippen molar-refractivity contribution in [3.05, 3.63) is 23.4 Å². The van der Waals surface area contributed by atoms with Crippen molar-refractivity contribution in [3.8, 4) is 12.3 Å². The lowest BCUT2D eigenvalue weighted by atomic mass is 10.2. The van der Waals surface area contributed by atoms with Crippen LogP contribution in [0.1, 0.15) is 35.3 Å². The molecular formula is C13H16N2O2. The first-order valence-electron chi connectivity index (χ1n) is 5.53. The van der Waals surface area contributed by atoms with Gasteiger partial charge in [0.2, 0.25) is 0 Å². The number of hydrogen-bond donors (Lipinski definition) is 2. The molecule has 4 heteroatoms. The molecule has 0 fully saturated rings. The van der Waals surface area contributed by atoms with Crippen molar-refractivity contribution in [2.24, 2.45) is 0 Å². The lowest BCUT2D eigenvalue weighted by molar-refractivity contribution is 0.0696. The van der Waals surface area contributed by atoms with E-state index >= 15 is 0 Å². The third-order valence-corrected chi connectivity index (χ3v) is 2.25. The Morgan fingerprint density at radius 2 is 2.29 bits per heavy atom. The largest absolute Gasteiger partial charge is 0.478 e. The first kappa shape index (κ1) is 13.0. The van der Waals surface area contributed by atoms with Gasteiger partial charge in [0.25, 0.3) is 0 Å². The predicted molar refractivity (Wildman–Crippen MR) is 67.1 cm³/mol. The highest BCUT2D eigenvalue weighted by atomic mass is 16.4. The number of carboxylic acids is 1. The number of pyridine rings is 1. The van der Waals surface area contributed by atoms with Gasteiger partial charge in [-0.25, -0.2) is 9.78 Å². The fourth-order valence-electron chi connectivity index (χ4n) is 1.45. The summed E-state index contributed by atoms with van der Waals surface area (Å²) in [6.07, 6.45) is 7.82. The summed E-state index contributed by atoms with van der Waals surface area (Å²) in [5, 5.41) is 12.0. The molecule has 0 radical (unpaired) electrons. The maximum Gasteiger partial charge on any atom is 0.335 e. The molecule has 0 saturated heterocycles. The van der Waals surface area contributed by atoms with E-state index in [-0.39, 0.29) is 5.56 Å². The molecule has 1 heterocycles. The SMILES string of the molecule is C#CCCCCNc1cc(C(=O)O)cc(C)n1. The molecule has 4 nitrogen and oxygen atoms in total. The Kier molecular flexibility index (Phi) is 5.02. The third kappa shape index (κ3) is 4.56. The van der Waals surface area contributed by atoms with E-state index < -0.39 is 5.97 Å². The summed E-state index contributed by atoms with van der Waals surface area (Å²) in [7, 11) is 0. The molecule has 0 aromatic carbocycles. The number of nitrogens with zero attached hydrogens (tertiary/aromatic N) is 1. The van der Waals surface area contributed by atoms with E-state index in [0.29, 0.717) is 11.5 Å². The van der Waals surface area contributed by atoms with Crippen LogP contribution in [0.25, 0.3) is 0 Å². The fourth-order valence-corrected chi connectivity index (χ4v) is 1.45. The summed E-state index contributed by atoms with van der Waals surface area (Å²) in [6.45, 7) is 2.52. The number of hydrogen-bond acceptors (Lipinski definition) is 3. The van der Waals surface area contributed by atoms with E-state index in [1.165, 1.54) is 6.07 Å². The first-order valence-corrected chi connectivity index (χ1v) is 5.53. The molecule has 17 heavy (non-hydrogen) atoms. The second-order valence-electron chi connectivity index (χ2n) is 3.78. The number of nitrogens with one attached hydrogen (secondary N) is 1. The summed E-state index contributed by atoms with van der Waals surface area (Å²) < 4.78 is 0. The van der Waals surface area contributed by atoms with Crippen molar-refractivity contribution in [2.75, 3.05) is 11.9 Å².